The van der Waals surface area contributed by atoms with Crippen molar-refractivity contribution < 1.29 is 9.90 Å². The van der Waals surface area contributed by atoms with Crippen LogP contribution in [0.4, 0.5) is 0 Å². The zero-order valence-corrected chi connectivity index (χ0v) is 11.5. The highest BCUT2D eigenvalue weighted by Crippen LogP contribution is 2.23. The third kappa shape index (κ3) is 3.22. The number of benzene rings is 1. The second-order valence-electron chi connectivity index (χ2n) is 4.49. The van der Waals surface area contributed by atoms with Crippen molar-refractivity contribution in [1.29, 1.82) is 0 Å². The third-order valence-corrected chi connectivity index (χ3v) is 3.13. The number of aromatic nitrogens is 1. The molecule has 0 unspecified atom stereocenters. The van der Waals surface area contributed by atoms with Crippen molar-refractivity contribution in [2.75, 3.05) is 13.7 Å². The van der Waals surface area contributed by atoms with E-state index < -0.39 is 0 Å². The minimum atomic E-state index is -0.107. The summed E-state index contributed by atoms with van der Waals surface area (Å²) in [4.78, 5) is 16.2. The van der Waals surface area contributed by atoms with E-state index in [1.807, 2.05) is 30.3 Å². The molecule has 0 saturated heterocycles. The van der Waals surface area contributed by atoms with Gasteiger partial charge in [0.1, 0.15) is 0 Å². The number of nitrogens with zero attached hydrogens (tertiary/aromatic N) is 1. The average molecular weight is 270 g/mol. The smallest absolute Gasteiger partial charge is 0.251 e. The summed E-state index contributed by atoms with van der Waals surface area (Å²) in [6.07, 6.45) is 3.24. The van der Waals surface area contributed by atoms with Crippen LogP contribution in [0.3, 0.4) is 0 Å². The molecule has 0 atom stereocenters. The Balaban J connectivity index is 2.30. The number of hydrogen-bond acceptors (Lipinski definition) is 3. The minimum absolute atomic E-state index is 0.107. The van der Waals surface area contributed by atoms with Gasteiger partial charge in [-0.25, -0.2) is 0 Å². The van der Waals surface area contributed by atoms with Crippen molar-refractivity contribution in [2.24, 2.45) is 0 Å². The fourth-order valence-corrected chi connectivity index (χ4v) is 2.06. The maximum Gasteiger partial charge on any atom is 0.251 e. The molecule has 104 valence electrons. The van der Waals surface area contributed by atoms with E-state index in [9.17, 15) is 4.79 Å². The SMILES string of the molecule is CNC(=O)c1ccccc1-c1ccc(CCCO)nc1. The first-order valence-corrected chi connectivity index (χ1v) is 6.63. The molecule has 0 aliphatic rings. The Kier molecular flexibility index (Phi) is 4.85. The summed E-state index contributed by atoms with van der Waals surface area (Å²) in [5.41, 5.74) is 3.37. The summed E-state index contributed by atoms with van der Waals surface area (Å²) in [6, 6.07) is 11.4. The van der Waals surface area contributed by atoms with Crippen LogP contribution in [0.2, 0.25) is 0 Å². The number of amides is 1. The molecule has 0 saturated carbocycles. The molecule has 0 aliphatic carbocycles. The molecule has 0 radical (unpaired) electrons. The highest BCUT2D eigenvalue weighted by molar-refractivity contribution is 6.00. The highest BCUT2D eigenvalue weighted by atomic mass is 16.2. The van der Waals surface area contributed by atoms with E-state index in [0.29, 0.717) is 12.0 Å². The van der Waals surface area contributed by atoms with Crippen LogP contribution in [0.25, 0.3) is 11.1 Å². The van der Waals surface area contributed by atoms with Gasteiger partial charge in [0.15, 0.2) is 0 Å². The van der Waals surface area contributed by atoms with Crippen LogP contribution in [0.15, 0.2) is 42.6 Å². The van der Waals surface area contributed by atoms with Gasteiger partial charge in [-0.15, -0.1) is 0 Å². The van der Waals surface area contributed by atoms with E-state index in [0.717, 1.165) is 23.2 Å². The highest BCUT2D eigenvalue weighted by Gasteiger charge is 2.10. The van der Waals surface area contributed by atoms with Crippen molar-refractivity contribution in [3.8, 4) is 11.1 Å². The predicted molar refractivity (Wildman–Crippen MR) is 78.5 cm³/mol. The maximum absolute atomic E-state index is 11.9. The van der Waals surface area contributed by atoms with E-state index in [4.69, 9.17) is 5.11 Å². The number of carbonyl (C=O) groups excluding carboxylic acids is 1. The van der Waals surface area contributed by atoms with Crippen molar-refractivity contribution in [3.63, 3.8) is 0 Å². The molecule has 4 nitrogen and oxygen atoms in total. The van der Waals surface area contributed by atoms with Crippen molar-refractivity contribution in [1.82, 2.24) is 10.3 Å². The van der Waals surface area contributed by atoms with E-state index in [1.165, 1.54) is 0 Å². The maximum atomic E-state index is 11.9. The molecule has 20 heavy (non-hydrogen) atoms. The van der Waals surface area contributed by atoms with Crippen LogP contribution < -0.4 is 5.32 Å². The van der Waals surface area contributed by atoms with E-state index in [2.05, 4.69) is 10.3 Å². The van der Waals surface area contributed by atoms with Crippen LogP contribution >= 0.6 is 0 Å². The first-order chi connectivity index (χ1) is 9.76. The van der Waals surface area contributed by atoms with Crippen molar-refractivity contribution in [2.45, 2.75) is 12.8 Å². The number of carbonyl (C=O) groups is 1. The second kappa shape index (κ2) is 6.82. The van der Waals surface area contributed by atoms with Crippen LogP contribution in [-0.2, 0) is 6.42 Å². The Morgan fingerprint density at radius 2 is 2.05 bits per heavy atom. The second-order valence-corrected chi connectivity index (χ2v) is 4.49. The quantitative estimate of drug-likeness (QED) is 0.874. The van der Waals surface area contributed by atoms with Gasteiger partial charge in [-0.3, -0.25) is 9.78 Å². The fraction of sp³-hybridized carbons (Fsp3) is 0.250. The lowest BCUT2D eigenvalue weighted by Gasteiger charge is -2.08. The summed E-state index contributed by atoms with van der Waals surface area (Å²) in [5, 5.41) is 11.5. The Hall–Kier alpha value is -2.20. The molecule has 1 aromatic heterocycles. The average Bonchev–Trinajstić information content (AvgIpc) is 2.52. The Morgan fingerprint density at radius 1 is 1.25 bits per heavy atom. The predicted octanol–water partition coefficient (Wildman–Crippen LogP) is 2.03. The number of nitrogens with one attached hydrogen (secondary N) is 1. The summed E-state index contributed by atoms with van der Waals surface area (Å²) < 4.78 is 0. The summed E-state index contributed by atoms with van der Waals surface area (Å²) in [6.45, 7) is 0.170. The number of aliphatic hydroxyl groups is 1. The normalized spacial score (nSPS) is 10.3. The molecule has 0 spiro atoms. The van der Waals surface area contributed by atoms with E-state index in [1.54, 1.807) is 19.3 Å². The van der Waals surface area contributed by atoms with Crippen LogP contribution in [0.5, 0.6) is 0 Å². The Morgan fingerprint density at radius 3 is 2.70 bits per heavy atom. The summed E-state index contributed by atoms with van der Waals surface area (Å²) >= 11 is 0. The standard InChI is InChI=1S/C16H18N2O2/c1-17-16(20)15-7-3-2-6-14(15)12-8-9-13(18-11-12)5-4-10-19/h2-3,6-9,11,19H,4-5,10H2,1H3,(H,17,20). The van der Waals surface area contributed by atoms with Crippen LogP contribution in [0, 0.1) is 0 Å². The van der Waals surface area contributed by atoms with Gasteiger partial charge in [0.2, 0.25) is 0 Å². The number of hydrogen-bond donors (Lipinski definition) is 2. The Bertz CT molecular complexity index is 579. The zero-order chi connectivity index (χ0) is 14.4. The topological polar surface area (TPSA) is 62.2 Å². The number of aryl methyl sites for hydroxylation is 1. The van der Waals surface area contributed by atoms with Crippen LogP contribution in [-0.4, -0.2) is 29.7 Å². The van der Waals surface area contributed by atoms with E-state index >= 15 is 0 Å². The van der Waals surface area contributed by atoms with Gasteiger partial charge in [0, 0.05) is 36.7 Å². The van der Waals surface area contributed by atoms with Gasteiger partial charge >= 0.3 is 0 Å². The third-order valence-electron chi connectivity index (χ3n) is 3.13. The number of rotatable bonds is 5. The minimum Gasteiger partial charge on any atom is -0.396 e. The van der Waals surface area contributed by atoms with Gasteiger partial charge in [0.25, 0.3) is 5.91 Å². The van der Waals surface area contributed by atoms with Gasteiger partial charge in [-0.1, -0.05) is 24.3 Å². The summed E-state index contributed by atoms with van der Waals surface area (Å²) in [5.74, 6) is -0.107. The first-order valence-electron chi connectivity index (χ1n) is 6.63. The monoisotopic (exact) mass is 270 g/mol. The molecule has 0 aliphatic heterocycles. The fourth-order valence-electron chi connectivity index (χ4n) is 2.06. The molecule has 0 bridgehead atoms. The lowest BCUT2D eigenvalue weighted by atomic mass is 10.00. The number of aliphatic hydroxyl groups excluding tert-OH is 1. The molecular weight excluding hydrogens is 252 g/mol. The number of pyridine rings is 1. The molecule has 4 heteroatoms. The molecule has 2 aromatic rings. The van der Waals surface area contributed by atoms with Gasteiger partial charge < -0.3 is 10.4 Å². The molecule has 2 rings (SSSR count). The molecule has 1 heterocycles. The lowest BCUT2D eigenvalue weighted by Crippen LogP contribution is -2.18. The van der Waals surface area contributed by atoms with Gasteiger partial charge in [-0.05, 0) is 30.5 Å². The molecule has 1 aromatic carbocycles. The van der Waals surface area contributed by atoms with Gasteiger partial charge in [-0.2, -0.15) is 0 Å². The first kappa shape index (κ1) is 14.2. The largest absolute Gasteiger partial charge is 0.396 e. The molecule has 0 fully saturated rings. The molecule has 2 N–H and O–H groups in total. The zero-order valence-electron chi connectivity index (χ0n) is 11.5. The van der Waals surface area contributed by atoms with Gasteiger partial charge in [0.05, 0.1) is 0 Å². The molecular formula is C16H18N2O2. The van der Waals surface area contributed by atoms with Crippen molar-refractivity contribution in [3.05, 3.63) is 53.9 Å². The Labute approximate surface area is 118 Å². The lowest BCUT2D eigenvalue weighted by molar-refractivity contribution is 0.0963. The van der Waals surface area contributed by atoms with Crippen molar-refractivity contribution >= 4 is 5.91 Å². The van der Waals surface area contributed by atoms with E-state index in [-0.39, 0.29) is 12.5 Å². The van der Waals surface area contributed by atoms with Crippen LogP contribution in [0.1, 0.15) is 22.5 Å². The molecule has 1 amide bonds. The summed E-state index contributed by atoms with van der Waals surface area (Å²) in [7, 11) is 1.62.